The number of hydrogen-bond acceptors (Lipinski definition) is 2. The van der Waals surface area contributed by atoms with Gasteiger partial charge in [-0.1, -0.05) is 19.4 Å². The van der Waals surface area contributed by atoms with E-state index in [1.807, 2.05) is 27.7 Å². The van der Waals surface area contributed by atoms with Crippen LogP contribution in [0.5, 0.6) is 0 Å². The molecule has 1 aliphatic rings. The SMILES string of the molecule is CC(C)=CC(=O)N1CCCC(C)(C)C1C(=O)O. The molecule has 96 valence electrons. The minimum Gasteiger partial charge on any atom is -0.480 e. The van der Waals surface area contributed by atoms with Gasteiger partial charge >= 0.3 is 5.97 Å². The summed E-state index contributed by atoms with van der Waals surface area (Å²) in [5.41, 5.74) is 0.525. The van der Waals surface area contributed by atoms with Crippen molar-refractivity contribution < 1.29 is 14.7 Å². The molecule has 1 unspecified atom stereocenters. The predicted molar refractivity (Wildman–Crippen MR) is 65.6 cm³/mol. The standard InChI is InChI=1S/C13H21NO3/c1-9(2)8-10(15)14-7-5-6-13(3,4)11(14)12(16)17/h8,11H,5-7H2,1-4H3,(H,16,17). The highest BCUT2D eigenvalue weighted by Gasteiger charge is 2.43. The zero-order valence-corrected chi connectivity index (χ0v) is 11.0. The Morgan fingerprint density at radius 2 is 1.94 bits per heavy atom. The average molecular weight is 239 g/mol. The Bertz CT molecular complexity index is 354. The van der Waals surface area contributed by atoms with Crippen molar-refractivity contribution in [3.63, 3.8) is 0 Å². The molecule has 0 aromatic carbocycles. The number of aliphatic carboxylic acids is 1. The molecule has 1 rings (SSSR count). The summed E-state index contributed by atoms with van der Waals surface area (Å²) in [6.07, 6.45) is 3.21. The van der Waals surface area contributed by atoms with Gasteiger partial charge < -0.3 is 10.0 Å². The van der Waals surface area contributed by atoms with Gasteiger partial charge in [-0.15, -0.1) is 0 Å². The van der Waals surface area contributed by atoms with E-state index in [0.29, 0.717) is 6.54 Å². The van der Waals surface area contributed by atoms with Crippen LogP contribution < -0.4 is 0 Å². The van der Waals surface area contributed by atoms with E-state index in [-0.39, 0.29) is 11.3 Å². The Hall–Kier alpha value is -1.32. The third-order valence-electron chi connectivity index (χ3n) is 3.20. The lowest BCUT2D eigenvalue weighted by atomic mass is 9.76. The Morgan fingerprint density at radius 3 is 2.41 bits per heavy atom. The molecule has 17 heavy (non-hydrogen) atoms. The van der Waals surface area contributed by atoms with Gasteiger partial charge in [0.15, 0.2) is 0 Å². The zero-order chi connectivity index (χ0) is 13.2. The van der Waals surface area contributed by atoms with Crippen molar-refractivity contribution in [2.45, 2.75) is 46.6 Å². The maximum atomic E-state index is 12.0. The van der Waals surface area contributed by atoms with Crippen molar-refractivity contribution in [2.24, 2.45) is 5.41 Å². The van der Waals surface area contributed by atoms with Crippen LogP contribution in [0.4, 0.5) is 0 Å². The molecule has 1 N–H and O–H groups in total. The molecule has 0 saturated carbocycles. The second-order valence-electron chi connectivity index (χ2n) is 5.59. The second-order valence-corrected chi connectivity index (χ2v) is 5.59. The lowest BCUT2D eigenvalue weighted by Crippen LogP contribution is -2.56. The number of carbonyl (C=O) groups is 2. The minimum absolute atomic E-state index is 0.190. The first-order chi connectivity index (χ1) is 7.75. The summed E-state index contributed by atoms with van der Waals surface area (Å²) in [4.78, 5) is 24.8. The minimum atomic E-state index is -0.912. The van der Waals surface area contributed by atoms with Crippen molar-refractivity contribution >= 4 is 11.9 Å². The first-order valence-corrected chi connectivity index (χ1v) is 5.94. The summed E-state index contributed by atoms with van der Waals surface area (Å²) >= 11 is 0. The Labute approximate surface area is 102 Å². The molecule has 0 spiro atoms. The van der Waals surface area contributed by atoms with Gasteiger partial charge in [0.1, 0.15) is 6.04 Å². The van der Waals surface area contributed by atoms with Gasteiger partial charge in [0.25, 0.3) is 0 Å². The number of carboxylic acid groups (broad SMARTS) is 1. The van der Waals surface area contributed by atoms with Gasteiger partial charge in [-0.2, -0.15) is 0 Å². The van der Waals surface area contributed by atoms with Crippen molar-refractivity contribution in [1.82, 2.24) is 4.90 Å². The van der Waals surface area contributed by atoms with Gasteiger partial charge in [0, 0.05) is 12.6 Å². The number of likely N-dealkylation sites (tertiary alicyclic amines) is 1. The smallest absolute Gasteiger partial charge is 0.326 e. The fourth-order valence-electron chi connectivity index (χ4n) is 2.43. The number of hydrogen-bond donors (Lipinski definition) is 1. The van der Waals surface area contributed by atoms with Crippen LogP contribution in [0.2, 0.25) is 0 Å². The molecule has 4 heteroatoms. The molecule has 1 amide bonds. The molecule has 1 fully saturated rings. The van der Waals surface area contributed by atoms with E-state index < -0.39 is 12.0 Å². The number of piperidine rings is 1. The van der Waals surface area contributed by atoms with Crippen molar-refractivity contribution in [2.75, 3.05) is 6.54 Å². The molecular formula is C13H21NO3. The molecule has 0 radical (unpaired) electrons. The lowest BCUT2D eigenvalue weighted by molar-refractivity contribution is -0.156. The van der Waals surface area contributed by atoms with Gasteiger partial charge in [-0.25, -0.2) is 4.79 Å². The molecule has 1 atom stereocenters. The highest BCUT2D eigenvalue weighted by Crippen LogP contribution is 2.35. The number of rotatable bonds is 2. The number of carbonyl (C=O) groups excluding carboxylic acids is 1. The van der Waals surface area contributed by atoms with E-state index in [2.05, 4.69) is 0 Å². The van der Waals surface area contributed by atoms with Crippen LogP contribution in [0, 0.1) is 5.41 Å². The summed E-state index contributed by atoms with van der Waals surface area (Å²) < 4.78 is 0. The topological polar surface area (TPSA) is 57.6 Å². The molecular weight excluding hydrogens is 218 g/mol. The fraction of sp³-hybridized carbons (Fsp3) is 0.692. The van der Waals surface area contributed by atoms with Crippen LogP contribution >= 0.6 is 0 Å². The first-order valence-electron chi connectivity index (χ1n) is 5.94. The van der Waals surface area contributed by atoms with Crippen LogP contribution in [0.15, 0.2) is 11.6 Å². The summed E-state index contributed by atoms with van der Waals surface area (Å²) in [7, 11) is 0. The third-order valence-corrected chi connectivity index (χ3v) is 3.20. The maximum absolute atomic E-state index is 12.0. The van der Waals surface area contributed by atoms with Gasteiger partial charge in [-0.05, 0) is 32.1 Å². The van der Waals surface area contributed by atoms with Crippen LogP contribution in [0.1, 0.15) is 40.5 Å². The Balaban J connectivity index is 3.00. The van der Waals surface area contributed by atoms with E-state index in [9.17, 15) is 14.7 Å². The van der Waals surface area contributed by atoms with Gasteiger partial charge in [-0.3, -0.25) is 4.79 Å². The highest BCUT2D eigenvalue weighted by molar-refractivity contribution is 5.92. The quantitative estimate of drug-likeness (QED) is 0.750. The molecule has 0 aromatic rings. The molecule has 4 nitrogen and oxygen atoms in total. The number of allylic oxidation sites excluding steroid dienone is 1. The molecule has 1 heterocycles. The Kier molecular flexibility index (Phi) is 3.96. The average Bonchev–Trinajstić information content (AvgIpc) is 2.13. The maximum Gasteiger partial charge on any atom is 0.326 e. The number of nitrogens with zero attached hydrogens (tertiary/aromatic N) is 1. The van der Waals surface area contributed by atoms with Crippen molar-refractivity contribution in [3.05, 3.63) is 11.6 Å². The van der Waals surface area contributed by atoms with Crippen molar-refractivity contribution in [1.29, 1.82) is 0 Å². The largest absolute Gasteiger partial charge is 0.480 e. The summed E-state index contributed by atoms with van der Waals surface area (Å²) in [5.74, 6) is -1.10. The molecule has 0 bridgehead atoms. The lowest BCUT2D eigenvalue weighted by Gasteiger charge is -2.43. The summed E-state index contributed by atoms with van der Waals surface area (Å²) in [6, 6.07) is -0.723. The van der Waals surface area contributed by atoms with Crippen LogP contribution in [0.25, 0.3) is 0 Å². The van der Waals surface area contributed by atoms with E-state index in [4.69, 9.17) is 0 Å². The molecule has 1 saturated heterocycles. The van der Waals surface area contributed by atoms with Crippen LogP contribution in [0.3, 0.4) is 0 Å². The second kappa shape index (κ2) is 4.90. The monoisotopic (exact) mass is 239 g/mol. The van der Waals surface area contributed by atoms with E-state index in [1.165, 1.54) is 11.0 Å². The van der Waals surface area contributed by atoms with E-state index in [0.717, 1.165) is 18.4 Å². The fourth-order valence-corrected chi connectivity index (χ4v) is 2.43. The molecule has 0 aromatic heterocycles. The van der Waals surface area contributed by atoms with E-state index >= 15 is 0 Å². The van der Waals surface area contributed by atoms with E-state index in [1.54, 1.807) is 0 Å². The molecule has 1 aliphatic heterocycles. The zero-order valence-electron chi connectivity index (χ0n) is 11.0. The van der Waals surface area contributed by atoms with Crippen molar-refractivity contribution in [3.8, 4) is 0 Å². The van der Waals surface area contributed by atoms with Crippen LogP contribution in [-0.4, -0.2) is 34.5 Å². The first kappa shape index (κ1) is 13.7. The Morgan fingerprint density at radius 1 is 1.35 bits per heavy atom. The summed E-state index contributed by atoms with van der Waals surface area (Å²) in [5, 5.41) is 9.31. The predicted octanol–water partition coefficient (Wildman–Crippen LogP) is 2.05. The number of carboxylic acids is 1. The highest BCUT2D eigenvalue weighted by atomic mass is 16.4. The number of amides is 1. The molecule has 0 aliphatic carbocycles. The van der Waals surface area contributed by atoms with Gasteiger partial charge in [0.05, 0.1) is 0 Å². The normalized spacial score (nSPS) is 23.1. The van der Waals surface area contributed by atoms with Crippen LogP contribution in [-0.2, 0) is 9.59 Å². The van der Waals surface area contributed by atoms with Gasteiger partial charge in [0.2, 0.25) is 5.91 Å². The summed E-state index contributed by atoms with van der Waals surface area (Å²) in [6.45, 7) is 8.02. The third kappa shape index (κ3) is 3.08.